The lowest BCUT2D eigenvalue weighted by molar-refractivity contribution is 0.0939. The highest BCUT2D eigenvalue weighted by molar-refractivity contribution is 5.95. The van der Waals surface area contributed by atoms with Gasteiger partial charge in [-0.15, -0.1) is 0 Å². The van der Waals surface area contributed by atoms with Crippen molar-refractivity contribution >= 4 is 5.91 Å². The second-order valence-corrected chi connectivity index (χ2v) is 6.82. The molecule has 0 aliphatic rings. The second-order valence-electron chi connectivity index (χ2n) is 6.82. The third-order valence-corrected chi connectivity index (χ3v) is 4.82. The first-order valence-corrected chi connectivity index (χ1v) is 9.41. The number of nitrogens with one attached hydrogen (secondary N) is 1. The molecular weight excluding hydrogens is 362 g/mol. The van der Waals surface area contributed by atoms with E-state index in [2.05, 4.69) is 20.4 Å². The van der Waals surface area contributed by atoms with E-state index in [0.717, 1.165) is 22.5 Å². The number of hydrogen-bond acceptors (Lipinski definition) is 4. The fourth-order valence-corrected chi connectivity index (χ4v) is 3.19. The van der Waals surface area contributed by atoms with Crippen molar-refractivity contribution in [3.63, 3.8) is 0 Å². The quantitative estimate of drug-likeness (QED) is 0.562. The molecule has 4 aromatic rings. The lowest BCUT2D eigenvalue weighted by Crippen LogP contribution is -2.27. The van der Waals surface area contributed by atoms with Crippen LogP contribution < -0.4 is 5.32 Å². The molecule has 2 heterocycles. The van der Waals surface area contributed by atoms with Crippen molar-refractivity contribution in [3.8, 4) is 16.9 Å². The molecule has 0 saturated heterocycles. The van der Waals surface area contributed by atoms with Gasteiger partial charge in [0.15, 0.2) is 0 Å². The number of rotatable bonds is 5. The molecule has 6 heteroatoms. The SMILES string of the molecule is Cc1nc(-c2ccccc2)ccc1C(=O)NC(C)c1ccc(-n2cncn2)cc1. The Kier molecular flexibility index (Phi) is 5.16. The molecule has 1 N–H and O–H groups in total. The summed E-state index contributed by atoms with van der Waals surface area (Å²) in [5.41, 5.74) is 5.10. The zero-order valence-corrected chi connectivity index (χ0v) is 16.3. The van der Waals surface area contributed by atoms with Gasteiger partial charge in [0.1, 0.15) is 12.7 Å². The predicted octanol–water partition coefficient (Wildman–Crippen LogP) is 4.13. The fraction of sp³-hybridized carbons (Fsp3) is 0.130. The molecular formula is C23H21N5O. The molecule has 144 valence electrons. The van der Waals surface area contributed by atoms with Crippen molar-refractivity contribution in [2.24, 2.45) is 0 Å². The van der Waals surface area contributed by atoms with E-state index in [1.807, 2.05) is 80.6 Å². The first kappa shape index (κ1) is 18.6. The Morgan fingerprint density at radius 3 is 2.41 bits per heavy atom. The Hall–Kier alpha value is -3.80. The highest BCUT2D eigenvalue weighted by atomic mass is 16.1. The monoisotopic (exact) mass is 383 g/mol. The summed E-state index contributed by atoms with van der Waals surface area (Å²) in [5, 5.41) is 7.17. The number of carbonyl (C=O) groups excluding carboxylic acids is 1. The second kappa shape index (κ2) is 8.06. The summed E-state index contributed by atoms with van der Waals surface area (Å²) < 4.78 is 1.69. The molecule has 0 radical (unpaired) electrons. The van der Waals surface area contributed by atoms with Crippen LogP contribution in [0, 0.1) is 6.92 Å². The number of carbonyl (C=O) groups is 1. The molecule has 6 nitrogen and oxygen atoms in total. The number of nitrogens with zero attached hydrogens (tertiary/aromatic N) is 4. The molecule has 2 aromatic heterocycles. The topological polar surface area (TPSA) is 72.7 Å². The molecule has 0 aliphatic heterocycles. The van der Waals surface area contributed by atoms with E-state index in [9.17, 15) is 4.79 Å². The van der Waals surface area contributed by atoms with E-state index in [1.165, 1.54) is 6.33 Å². The van der Waals surface area contributed by atoms with Crippen molar-refractivity contribution in [2.45, 2.75) is 19.9 Å². The Morgan fingerprint density at radius 2 is 1.76 bits per heavy atom. The number of hydrogen-bond donors (Lipinski definition) is 1. The Balaban J connectivity index is 1.47. The van der Waals surface area contributed by atoms with Gasteiger partial charge in [-0.25, -0.2) is 9.67 Å². The van der Waals surface area contributed by atoms with Gasteiger partial charge in [-0.1, -0.05) is 42.5 Å². The molecule has 0 spiro atoms. The molecule has 1 amide bonds. The molecule has 1 atom stereocenters. The van der Waals surface area contributed by atoms with E-state index in [-0.39, 0.29) is 11.9 Å². The highest BCUT2D eigenvalue weighted by Gasteiger charge is 2.15. The van der Waals surface area contributed by atoms with E-state index in [4.69, 9.17) is 0 Å². The summed E-state index contributed by atoms with van der Waals surface area (Å²) in [5.74, 6) is -0.137. The van der Waals surface area contributed by atoms with Crippen LogP contribution in [0.25, 0.3) is 16.9 Å². The van der Waals surface area contributed by atoms with Crippen LogP contribution in [0.1, 0.15) is 34.6 Å². The standard InChI is InChI=1S/C23H21N5O/c1-16(18-8-10-20(11-9-18)28-15-24-14-25-28)27-23(29)21-12-13-22(26-17(21)2)19-6-4-3-5-7-19/h3-16H,1-2H3,(H,27,29). The van der Waals surface area contributed by atoms with Crippen LogP contribution in [0.4, 0.5) is 0 Å². The van der Waals surface area contributed by atoms with Crippen molar-refractivity contribution in [1.29, 1.82) is 0 Å². The van der Waals surface area contributed by atoms with Gasteiger partial charge in [-0.3, -0.25) is 9.78 Å². The normalized spacial score (nSPS) is 11.8. The summed E-state index contributed by atoms with van der Waals surface area (Å²) in [4.78, 5) is 21.3. The number of benzene rings is 2. The van der Waals surface area contributed by atoms with E-state index in [0.29, 0.717) is 11.3 Å². The number of amides is 1. The number of aromatic nitrogens is 4. The van der Waals surface area contributed by atoms with Gasteiger partial charge in [0.05, 0.1) is 28.7 Å². The molecule has 2 aromatic carbocycles. The van der Waals surface area contributed by atoms with Crippen molar-refractivity contribution in [1.82, 2.24) is 25.1 Å². The molecule has 0 bridgehead atoms. The zero-order chi connectivity index (χ0) is 20.2. The van der Waals surface area contributed by atoms with E-state index >= 15 is 0 Å². The number of pyridine rings is 1. The van der Waals surface area contributed by atoms with Gasteiger partial charge in [-0.05, 0) is 43.7 Å². The van der Waals surface area contributed by atoms with Crippen LogP contribution >= 0.6 is 0 Å². The van der Waals surface area contributed by atoms with Gasteiger partial charge in [-0.2, -0.15) is 5.10 Å². The molecule has 29 heavy (non-hydrogen) atoms. The maximum absolute atomic E-state index is 12.8. The third kappa shape index (κ3) is 4.06. The van der Waals surface area contributed by atoms with Crippen molar-refractivity contribution < 1.29 is 4.79 Å². The number of aryl methyl sites for hydroxylation is 1. The first-order valence-electron chi connectivity index (χ1n) is 9.41. The average molecular weight is 383 g/mol. The average Bonchev–Trinajstić information content (AvgIpc) is 3.29. The molecule has 0 aliphatic carbocycles. The minimum absolute atomic E-state index is 0.137. The van der Waals surface area contributed by atoms with Gasteiger partial charge >= 0.3 is 0 Å². The van der Waals surface area contributed by atoms with Crippen molar-refractivity contribution in [3.05, 3.63) is 96.2 Å². The lowest BCUT2D eigenvalue weighted by atomic mass is 10.1. The Bertz CT molecular complexity index is 1110. The summed E-state index contributed by atoms with van der Waals surface area (Å²) >= 11 is 0. The van der Waals surface area contributed by atoms with Gasteiger partial charge < -0.3 is 5.32 Å². The summed E-state index contributed by atoms with van der Waals surface area (Å²) in [7, 11) is 0. The van der Waals surface area contributed by atoms with Crippen LogP contribution in [0.15, 0.2) is 79.4 Å². The van der Waals surface area contributed by atoms with E-state index < -0.39 is 0 Å². The van der Waals surface area contributed by atoms with Crippen LogP contribution in [-0.2, 0) is 0 Å². The molecule has 0 fully saturated rings. The minimum atomic E-state index is -0.138. The fourth-order valence-electron chi connectivity index (χ4n) is 3.19. The summed E-state index contributed by atoms with van der Waals surface area (Å²) in [6, 6.07) is 21.4. The highest BCUT2D eigenvalue weighted by Crippen LogP contribution is 2.20. The lowest BCUT2D eigenvalue weighted by Gasteiger charge is -2.16. The smallest absolute Gasteiger partial charge is 0.253 e. The van der Waals surface area contributed by atoms with Crippen LogP contribution in [-0.4, -0.2) is 25.7 Å². The van der Waals surface area contributed by atoms with Gasteiger partial charge in [0.2, 0.25) is 0 Å². The molecule has 4 rings (SSSR count). The first-order chi connectivity index (χ1) is 14.1. The van der Waals surface area contributed by atoms with E-state index in [1.54, 1.807) is 11.0 Å². The van der Waals surface area contributed by atoms with Crippen LogP contribution in [0.5, 0.6) is 0 Å². The Morgan fingerprint density at radius 1 is 1.00 bits per heavy atom. The summed E-state index contributed by atoms with van der Waals surface area (Å²) in [6.07, 6.45) is 3.14. The van der Waals surface area contributed by atoms with Gasteiger partial charge in [0, 0.05) is 5.56 Å². The summed E-state index contributed by atoms with van der Waals surface area (Å²) in [6.45, 7) is 3.82. The predicted molar refractivity (Wildman–Crippen MR) is 112 cm³/mol. The van der Waals surface area contributed by atoms with Crippen LogP contribution in [0.2, 0.25) is 0 Å². The largest absolute Gasteiger partial charge is 0.345 e. The van der Waals surface area contributed by atoms with Crippen LogP contribution in [0.3, 0.4) is 0 Å². The molecule has 1 unspecified atom stereocenters. The van der Waals surface area contributed by atoms with Gasteiger partial charge in [0.25, 0.3) is 5.91 Å². The Labute approximate surface area is 169 Å². The molecule has 0 saturated carbocycles. The minimum Gasteiger partial charge on any atom is -0.345 e. The third-order valence-electron chi connectivity index (χ3n) is 4.82. The zero-order valence-electron chi connectivity index (χ0n) is 16.3. The maximum Gasteiger partial charge on any atom is 0.253 e. The van der Waals surface area contributed by atoms with Crippen molar-refractivity contribution in [2.75, 3.05) is 0 Å². The maximum atomic E-state index is 12.8.